The Bertz CT molecular complexity index is 1140. The lowest BCUT2D eigenvalue weighted by Gasteiger charge is -2.28. The smallest absolute Gasteiger partial charge is 0.241 e. The van der Waals surface area contributed by atoms with Gasteiger partial charge in [0.15, 0.2) is 0 Å². The summed E-state index contributed by atoms with van der Waals surface area (Å²) in [6.45, 7) is 4.56. The fourth-order valence-corrected chi connectivity index (χ4v) is 3.95. The molecule has 1 fully saturated rings. The first-order valence-electron chi connectivity index (χ1n) is 10.2. The van der Waals surface area contributed by atoms with Crippen LogP contribution in [0.1, 0.15) is 36.1 Å². The summed E-state index contributed by atoms with van der Waals surface area (Å²) in [5.74, 6) is 2.95. The van der Waals surface area contributed by atoms with Crippen molar-refractivity contribution in [3.8, 4) is 22.9 Å². The van der Waals surface area contributed by atoms with Gasteiger partial charge in [-0.3, -0.25) is 4.90 Å². The largest absolute Gasteiger partial charge is 0.348 e. The molecule has 1 aliphatic rings. The average molecular weight is 404 g/mol. The van der Waals surface area contributed by atoms with E-state index < -0.39 is 0 Å². The average Bonchev–Trinajstić information content (AvgIpc) is 3.49. The second-order valence-corrected chi connectivity index (χ2v) is 7.89. The van der Waals surface area contributed by atoms with Crippen LogP contribution in [0.15, 0.2) is 51.6 Å². The summed E-state index contributed by atoms with van der Waals surface area (Å²) in [4.78, 5) is 11.5. The van der Waals surface area contributed by atoms with E-state index in [9.17, 15) is 0 Å². The Morgan fingerprint density at radius 3 is 2.60 bits per heavy atom. The van der Waals surface area contributed by atoms with Crippen molar-refractivity contribution < 1.29 is 9.05 Å². The molecule has 4 heterocycles. The molecular weight excluding hydrogens is 380 g/mol. The number of benzene rings is 1. The molecule has 1 saturated heterocycles. The summed E-state index contributed by atoms with van der Waals surface area (Å²) in [6, 6.07) is 12.1. The summed E-state index contributed by atoms with van der Waals surface area (Å²) in [5, 5.41) is 8.31. The molecule has 0 radical (unpaired) electrons. The van der Waals surface area contributed by atoms with Crippen LogP contribution in [0.3, 0.4) is 0 Å². The molecule has 30 heavy (non-hydrogen) atoms. The summed E-state index contributed by atoms with van der Waals surface area (Å²) >= 11 is 0. The predicted molar refractivity (Wildman–Crippen MR) is 110 cm³/mol. The molecule has 4 aromatic rings. The van der Waals surface area contributed by atoms with Crippen molar-refractivity contribution in [2.75, 3.05) is 13.1 Å². The molecule has 1 aromatic carbocycles. The fourth-order valence-electron chi connectivity index (χ4n) is 3.95. The molecule has 1 aliphatic heterocycles. The Morgan fingerprint density at radius 2 is 1.83 bits per heavy atom. The van der Waals surface area contributed by atoms with E-state index in [1.54, 1.807) is 0 Å². The van der Waals surface area contributed by atoms with E-state index >= 15 is 0 Å². The van der Waals surface area contributed by atoms with Crippen LogP contribution in [0.25, 0.3) is 22.9 Å². The Morgan fingerprint density at radius 1 is 1.00 bits per heavy atom. The fraction of sp³-hybridized carbons (Fsp3) is 0.364. The lowest BCUT2D eigenvalue weighted by atomic mass is 9.97. The molecule has 8 nitrogen and oxygen atoms in total. The van der Waals surface area contributed by atoms with E-state index in [4.69, 9.17) is 9.05 Å². The molecule has 0 N–H and O–H groups in total. The van der Waals surface area contributed by atoms with Gasteiger partial charge < -0.3 is 13.6 Å². The molecule has 0 bridgehead atoms. The Hall–Kier alpha value is -3.26. The van der Waals surface area contributed by atoms with Gasteiger partial charge in [-0.1, -0.05) is 34.1 Å². The van der Waals surface area contributed by atoms with Crippen LogP contribution < -0.4 is 0 Å². The van der Waals surface area contributed by atoms with Gasteiger partial charge in [0.25, 0.3) is 0 Å². The summed E-state index contributed by atoms with van der Waals surface area (Å²) < 4.78 is 13.0. The van der Waals surface area contributed by atoms with Gasteiger partial charge >= 0.3 is 0 Å². The Kier molecular flexibility index (Phi) is 4.92. The third kappa shape index (κ3) is 3.78. The van der Waals surface area contributed by atoms with E-state index in [1.165, 1.54) is 5.56 Å². The van der Waals surface area contributed by atoms with Crippen molar-refractivity contribution in [3.63, 3.8) is 0 Å². The van der Waals surface area contributed by atoms with Crippen molar-refractivity contribution in [1.29, 1.82) is 0 Å². The van der Waals surface area contributed by atoms with Gasteiger partial charge in [0.05, 0.1) is 12.2 Å². The lowest BCUT2D eigenvalue weighted by Crippen LogP contribution is -2.32. The topological polar surface area (TPSA) is 86.0 Å². The minimum absolute atomic E-state index is 0.285. The van der Waals surface area contributed by atoms with Gasteiger partial charge in [-0.2, -0.15) is 9.97 Å². The maximum absolute atomic E-state index is 5.56. The van der Waals surface area contributed by atoms with Crippen molar-refractivity contribution in [1.82, 2.24) is 29.7 Å². The van der Waals surface area contributed by atoms with Crippen LogP contribution in [0.5, 0.6) is 0 Å². The number of hydrogen-bond acceptors (Lipinski definition) is 7. The zero-order chi connectivity index (χ0) is 20.5. The van der Waals surface area contributed by atoms with Gasteiger partial charge in [0.1, 0.15) is 0 Å². The van der Waals surface area contributed by atoms with Gasteiger partial charge in [-0.05, 0) is 51.1 Å². The van der Waals surface area contributed by atoms with Crippen LogP contribution in [0.2, 0.25) is 0 Å². The summed E-state index contributed by atoms with van der Waals surface area (Å²) in [5.41, 5.74) is 3.12. The molecule has 0 unspecified atom stereocenters. The number of aryl methyl sites for hydroxylation is 2. The molecule has 0 atom stereocenters. The van der Waals surface area contributed by atoms with Crippen LogP contribution in [0, 0.1) is 6.92 Å². The van der Waals surface area contributed by atoms with Crippen LogP contribution >= 0.6 is 0 Å². The van der Waals surface area contributed by atoms with Crippen molar-refractivity contribution >= 4 is 0 Å². The highest BCUT2D eigenvalue weighted by Crippen LogP contribution is 2.29. The quantitative estimate of drug-likeness (QED) is 0.500. The number of aromatic nitrogens is 5. The van der Waals surface area contributed by atoms with Crippen molar-refractivity contribution in [2.24, 2.45) is 7.05 Å². The number of piperidine rings is 1. The standard InChI is InChI=1S/C22H24N6O2/c1-15-5-3-6-17(13-15)20-23-19(29-25-20)14-28-11-8-16(9-12-28)22-24-21(26-30-22)18-7-4-10-27(18)2/h3-7,10,13,16H,8-9,11-12,14H2,1-2H3. The van der Waals surface area contributed by atoms with Crippen LogP contribution in [0.4, 0.5) is 0 Å². The second-order valence-electron chi connectivity index (χ2n) is 7.89. The van der Waals surface area contributed by atoms with E-state index in [2.05, 4.69) is 44.2 Å². The first-order chi connectivity index (χ1) is 14.7. The van der Waals surface area contributed by atoms with Gasteiger partial charge in [0, 0.05) is 24.7 Å². The van der Waals surface area contributed by atoms with Gasteiger partial charge in [-0.25, -0.2) is 0 Å². The van der Waals surface area contributed by atoms with E-state index in [0.29, 0.717) is 24.1 Å². The summed E-state index contributed by atoms with van der Waals surface area (Å²) in [7, 11) is 1.98. The predicted octanol–water partition coefficient (Wildman–Crippen LogP) is 3.81. The number of nitrogens with zero attached hydrogens (tertiary/aromatic N) is 6. The molecule has 8 heteroatoms. The number of hydrogen-bond donors (Lipinski definition) is 0. The first kappa shape index (κ1) is 18.7. The lowest BCUT2D eigenvalue weighted by molar-refractivity contribution is 0.168. The second kappa shape index (κ2) is 7.87. The maximum atomic E-state index is 5.56. The zero-order valence-electron chi connectivity index (χ0n) is 17.2. The normalized spacial score (nSPS) is 15.7. The third-order valence-corrected chi connectivity index (χ3v) is 5.65. The number of likely N-dealkylation sites (tertiary alicyclic amines) is 1. The maximum Gasteiger partial charge on any atom is 0.241 e. The minimum atomic E-state index is 0.285. The number of rotatable bonds is 5. The molecule has 3 aromatic heterocycles. The molecular formula is C22H24N6O2. The highest BCUT2D eigenvalue weighted by Gasteiger charge is 2.26. The van der Waals surface area contributed by atoms with E-state index in [-0.39, 0.29) is 5.92 Å². The van der Waals surface area contributed by atoms with Gasteiger partial charge in [-0.15, -0.1) is 0 Å². The highest BCUT2D eigenvalue weighted by atomic mass is 16.5. The first-order valence-corrected chi connectivity index (χ1v) is 10.2. The van der Waals surface area contributed by atoms with Crippen LogP contribution in [-0.2, 0) is 13.6 Å². The molecule has 5 rings (SSSR count). The van der Waals surface area contributed by atoms with Crippen molar-refractivity contribution in [2.45, 2.75) is 32.2 Å². The monoisotopic (exact) mass is 404 g/mol. The van der Waals surface area contributed by atoms with Gasteiger partial charge in [0.2, 0.25) is 23.4 Å². The Balaban J connectivity index is 1.19. The van der Waals surface area contributed by atoms with E-state index in [1.807, 2.05) is 42.1 Å². The minimum Gasteiger partial charge on any atom is -0.348 e. The third-order valence-electron chi connectivity index (χ3n) is 5.65. The van der Waals surface area contributed by atoms with Crippen molar-refractivity contribution in [3.05, 3.63) is 59.9 Å². The molecule has 0 aliphatic carbocycles. The molecule has 154 valence electrons. The molecule has 0 spiro atoms. The molecule has 0 amide bonds. The Labute approximate surface area is 174 Å². The molecule has 0 saturated carbocycles. The summed E-state index contributed by atoms with van der Waals surface area (Å²) in [6.07, 6.45) is 3.91. The SMILES string of the molecule is Cc1cccc(-c2noc(CN3CCC(c4nc(-c5cccn5C)no4)CC3)n2)c1. The van der Waals surface area contributed by atoms with Crippen LogP contribution in [-0.4, -0.2) is 42.8 Å². The van der Waals surface area contributed by atoms with E-state index in [0.717, 1.165) is 43.1 Å². The highest BCUT2D eigenvalue weighted by molar-refractivity contribution is 5.55. The zero-order valence-corrected chi connectivity index (χ0v) is 17.2.